The first-order valence-corrected chi connectivity index (χ1v) is 9.31. The molecule has 5 fully saturated rings. The second-order valence-corrected chi connectivity index (χ2v) is 10.0. The molecule has 0 spiro atoms. The maximum Gasteiger partial charge on any atom is 0.229 e. The van der Waals surface area contributed by atoms with Crippen molar-refractivity contribution in [1.82, 2.24) is 4.90 Å². The largest absolute Gasteiger partial charge is 0.372 e. The van der Waals surface area contributed by atoms with Crippen LogP contribution in [0.5, 0.6) is 0 Å². The fourth-order valence-electron chi connectivity index (χ4n) is 6.08. The highest BCUT2D eigenvalue weighted by Crippen LogP contribution is 2.64. The molecule has 5 aliphatic rings. The molecule has 3 nitrogen and oxygen atoms in total. The van der Waals surface area contributed by atoms with Gasteiger partial charge in [-0.25, -0.2) is 0 Å². The van der Waals surface area contributed by atoms with Crippen molar-refractivity contribution in [3.8, 4) is 0 Å². The second kappa shape index (κ2) is 4.70. The molecule has 1 saturated heterocycles. The van der Waals surface area contributed by atoms with Gasteiger partial charge in [-0.2, -0.15) is 0 Å². The van der Waals surface area contributed by atoms with Gasteiger partial charge >= 0.3 is 0 Å². The Bertz CT molecular complexity index is 442. The summed E-state index contributed by atoms with van der Waals surface area (Å²) in [5.74, 6) is 1.97. The van der Waals surface area contributed by atoms with E-state index in [-0.39, 0.29) is 21.9 Å². The maximum absolute atomic E-state index is 13.3. The molecule has 21 heavy (non-hydrogen) atoms. The lowest BCUT2D eigenvalue weighted by atomic mass is 9.49. The van der Waals surface area contributed by atoms with E-state index in [1.165, 1.54) is 19.3 Å². The molecule has 5 rings (SSSR count). The number of carbonyl (C=O) groups is 1. The van der Waals surface area contributed by atoms with Crippen LogP contribution in [-0.4, -0.2) is 40.4 Å². The van der Waals surface area contributed by atoms with Gasteiger partial charge in [-0.1, -0.05) is 15.9 Å². The smallest absolute Gasteiger partial charge is 0.229 e. The number of hydrogen-bond donors (Lipinski definition) is 0. The Morgan fingerprint density at radius 1 is 1.10 bits per heavy atom. The summed E-state index contributed by atoms with van der Waals surface area (Å²) < 4.78 is 6.06. The number of nitrogens with zero attached hydrogens (tertiary/aromatic N) is 1. The summed E-state index contributed by atoms with van der Waals surface area (Å²) in [5, 5.41) is 0. The first-order chi connectivity index (χ1) is 9.87. The van der Waals surface area contributed by atoms with E-state index in [4.69, 9.17) is 4.74 Å². The van der Waals surface area contributed by atoms with Gasteiger partial charge in [0.1, 0.15) is 0 Å². The third kappa shape index (κ3) is 2.37. The Kier molecular flexibility index (Phi) is 3.25. The van der Waals surface area contributed by atoms with Gasteiger partial charge in [0.2, 0.25) is 5.91 Å². The average Bonchev–Trinajstić information content (AvgIpc) is 2.33. The molecule has 4 heteroatoms. The number of alkyl halides is 1. The molecule has 0 aromatic rings. The minimum Gasteiger partial charge on any atom is -0.372 e. The SMILES string of the molecule is CC1CN(C(=O)C23CC4CC(CC(Br)(C4)C2)C3)CC(C)O1. The van der Waals surface area contributed by atoms with Crippen LogP contribution in [0.1, 0.15) is 52.4 Å². The van der Waals surface area contributed by atoms with Crippen molar-refractivity contribution in [2.45, 2.75) is 68.9 Å². The molecule has 0 aromatic heterocycles. The van der Waals surface area contributed by atoms with Crippen molar-refractivity contribution in [3.05, 3.63) is 0 Å². The molecule has 118 valence electrons. The topological polar surface area (TPSA) is 29.5 Å². The zero-order valence-electron chi connectivity index (χ0n) is 13.1. The van der Waals surface area contributed by atoms with Crippen LogP contribution >= 0.6 is 15.9 Å². The molecule has 1 amide bonds. The fraction of sp³-hybridized carbons (Fsp3) is 0.941. The summed E-state index contributed by atoms with van der Waals surface area (Å²) in [6, 6.07) is 0. The minimum absolute atomic E-state index is 0.0651. The number of carbonyl (C=O) groups excluding carboxylic acids is 1. The van der Waals surface area contributed by atoms with E-state index in [2.05, 4.69) is 34.7 Å². The summed E-state index contributed by atoms with van der Waals surface area (Å²) in [5.41, 5.74) is -0.0651. The molecule has 0 radical (unpaired) electrons. The maximum atomic E-state index is 13.3. The van der Waals surface area contributed by atoms with Crippen LogP contribution in [0.4, 0.5) is 0 Å². The van der Waals surface area contributed by atoms with E-state index in [1.54, 1.807) is 0 Å². The Balaban J connectivity index is 1.59. The third-order valence-corrected chi connectivity index (χ3v) is 7.08. The van der Waals surface area contributed by atoms with Crippen molar-refractivity contribution in [1.29, 1.82) is 0 Å². The molecule has 0 N–H and O–H groups in total. The molecule has 4 atom stereocenters. The molecule has 1 heterocycles. The van der Waals surface area contributed by atoms with Crippen molar-refractivity contribution in [2.24, 2.45) is 17.3 Å². The zero-order chi connectivity index (χ0) is 14.8. The number of hydrogen-bond acceptors (Lipinski definition) is 2. The molecule has 4 saturated carbocycles. The van der Waals surface area contributed by atoms with Gasteiger partial charge in [0, 0.05) is 17.4 Å². The summed E-state index contributed by atoms with van der Waals surface area (Å²) in [6.45, 7) is 5.72. The third-order valence-electron chi connectivity index (χ3n) is 6.15. The number of ether oxygens (including phenoxy) is 1. The van der Waals surface area contributed by atoms with Crippen molar-refractivity contribution < 1.29 is 9.53 Å². The minimum atomic E-state index is -0.0651. The van der Waals surface area contributed by atoms with Gasteiger partial charge in [-0.15, -0.1) is 0 Å². The highest BCUT2D eigenvalue weighted by atomic mass is 79.9. The predicted molar refractivity (Wildman–Crippen MR) is 85.4 cm³/mol. The molecular formula is C17H26BrNO2. The van der Waals surface area contributed by atoms with E-state index >= 15 is 0 Å². The predicted octanol–water partition coefficient (Wildman–Crippen LogP) is 3.36. The highest BCUT2D eigenvalue weighted by molar-refractivity contribution is 9.10. The standard InChI is InChI=1S/C17H26BrNO2/c1-11-8-19(9-12(2)21-11)15(20)16-4-13-3-14(5-16)7-17(18,6-13)10-16/h11-14H,3-10H2,1-2H3. The molecule has 4 unspecified atom stereocenters. The average molecular weight is 356 g/mol. The van der Waals surface area contributed by atoms with E-state index in [0.717, 1.165) is 44.2 Å². The Labute approximate surface area is 135 Å². The van der Waals surface area contributed by atoms with E-state index < -0.39 is 0 Å². The van der Waals surface area contributed by atoms with Gasteiger partial charge in [0.05, 0.1) is 17.6 Å². The van der Waals surface area contributed by atoms with Crippen LogP contribution in [-0.2, 0) is 9.53 Å². The molecule has 0 aromatic carbocycles. The van der Waals surface area contributed by atoms with Crippen molar-refractivity contribution >= 4 is 21.8 Å². The van der Waals surface area contributed by atoms with Gasteiger partial charge in [-0.3, -0.25) is 4.79 Å². The molecule has 1 aliphatic heterocycles. The molecular weight excluding hydrogens is 330 g/mol. The Hall–Kier alpha value is -0.0900. The van der Waals surface area contributed by atoms with Gasteiger partial charge in [0.15, 0.2) is 0 Å². The molecule has 4 aliphatic carbocycles. The summed E-state index contributed by atoms with van der Waals surface area (Å²) in [7, 11) is 0. The highest BCUT2D eigenvalue weighted by Gasteiger charge is 2.60. The van der Waals surface area contributed by atoms with Gasteiger partial charge in [-0.05, 0) is 64.2 Å². The lowest BCUT2D eigenvalue weighted by Crippen LogP contribution is -2.61. The number of morpholine rings is 1. The summed E-state index contributed by atoms with van der Waals surface area (Å²) in [4.78, 5) is 15.4. The van der Waals surface area contributed by atoms with E-state index in [0.29, 0.717) is 5.91 Å². The lowest BCUT2D eigenvalue weighted by Gasteiger charge is -2.60. The second-order valence-electron chi connectivity index (χ2n) is 8.36. The van der Waals surface area contributed by atoms with Crippen LogP contribution in [0.2, 0.25) is 0 Å². The van der Waals surface area contributed by atoms with Gasteiger partial charge in [0.25, 0.3) is 0 Å². The van der Waals surface area contributed by atoms with Crippen LogP contribution in [0.15, 0.2) is 0 Å². The number of amides is 1. The van der Waals surface area contributed by atoms with Crippen LogP contribution < -0.4 is 0 Å². The molecule has 4 bridgehead atoms. The number of halogens is 1. The van der Waals surface area contributed by atoms with E-state index in [9.17, 15) is 4.79 Å². The quantitative estimate of drug-likeness (QED) is 0.675. The zero-order valence-corrected chi connectivity index (χ0v) is 14.7. The number of rotatable bonds is 1. The van der Waals surface area contributed by atoms with Crippen LogP contribution in [0.25, 0.3) is 0 Å². The first-order valence-electron chi connectivity index (χ1n) is 8.51. The van der Waals surface area contributed by atoms with Gasteiger partial charge < -0.3 is 9.64 Å². The fourth-order valence-corrected chi connectivity index (χ4v) is 7.53. The Morgan fingerprint density at radius 2 is 1.67 bits per heavy atom. The summed E-state index contributed by atoms with van der Waals surface area (Å²) >= 11 is 4.01. The monoisotopic (exact) mass is 355 g/mol. The van der Waals surface area contributed by atoms with Crippen molar-refractivity contribution in [3.63, 3.8) is 0 Å². The van der Waals surface area contributed by atoms with E-state index in [1.807, 2.05) is 0 Å². The van der Waals surface area contributed by atoms with Crippen LogP contribution in [0.3, 0.4) is 0 Å². The summed E-state index contributed by atoms with van der Waals surface area (Å²) in [6.07, 6.45) is 7.60. The Morgan fingerprint density at radius 3 is 2.19 bits per heavy atom. The normalized spacial score (nSPS) is 52.2. The lowest BCUT2D eigenvalue weighted by molar-refractivity contribution is -0.166. The van der Waals surface area contributed by atoms with Crippen LogP contribution in [0, 0.1) is 17.3 Å². The van der Waals surface area contributed by atoms with Crippen molar-refractivity contribution in [2.75, 3.05) is 13.1 Å². The first kappa shape index (κ1) is 14.5.